The minimum Gasteiger partial charge on any atom is -0.0758 e. The second kappa shape index (κ2) is 3.73. The lowest BCUT2D eigenvalue weighted by Gasteiger charge is -2.24. The van der Waals surface area contributed by atoms with Crippen LogP contribution in [0.25, 0.3) is 5.57 Å². The quantitative estimate of drug-likeness (QED) is 0.588. The molecule has 0 unspecified atom stereocenters. The summed E-state index contributed by atoms with van der Waals surface area (Å²) in [6.45, 7) is 13.7. The van der Waals surface area contributed by atoms with Crippen LogP contribution < -0.4 is 0 Å². The minimum atomic E-state index is 0.250. The van der Waals surface area contributed by atoms with Gasteiger partial charge in [0.2, 0.25) is 0 Å². The molecule has 0 atom stereocenters. The van der Waals surface area contributed by atoms with Gasteiger partial charge in [-0.15, -0.1) is 0 Å². The molecule has 2 rings (SSSR count). The maximum Gasteiger partial charge on any atom is -0.00851 e. The molecule has 1 aromatic rings. The van der Waals surface area contributed by atoms with Gasteiger partial charge < -0.3 is 0 Å². The summed E-state index contributed by atoms with van der Waals surface area (Å²) >= 11 is 0. The van der Waals surface area contributed by atoms with Crippen LogP contribution in [0.1, 0.15) is 58.2 Å². The highest BCUT2D eigenvalue weighted by Crippen LogP contribution is 2.41. The maximum atomic E-state index is 2.40. The third-order valence-electron chi connectivity index (χ3n) is 3.60. The zero-order chi connectivity index (χ0) is 12.8. The lowest BCUT2D eigenvalue weighted by atomic mass is 9.81. The van der Waals surface area contributed by atoms with Crippen LogP contribution in [0.4, 0.5) is 0 Å². The topological polar surface area (TPSA) is 0 Å². The fourth-order valence-corrected chi connectivity index (χ4v) is 2.52. The number of rotatable bonds is 0. The molecule has 17 heavy (non-hydrogen) atoms. The Morgan fingerprint density at radius 1 is 0.882 bits per heavy atom. The molecule has 1 aliphatic carbocycles. The van der Waals surface area contributed by atoms with Crippen LogP contribution >= 0.6 is 0 Å². The van der Waals surface area contributed by atoms with Crippen molar-refractivity contribution in [3.05, 3.63) is 41.0 Å². The van der Waals surface area contributed by atoms with Crippen molar-refractivity contribution in [3.63, 3.8) is 0 Å². The molecule has 0 amide bonds. The molecule has 1 aromatic carbocycles. The number of hydrogen-bond acceptors (Lipinski definition) is 0. The van der Waals surface area contributed by atoms with Crippen molar-refractivity contribution < 1.29 is 0 Å². The highest BCUT2D eigenvalue weighted by Gasteiger charge is 2.25. The van der Waals surface area contributed by atoms with Gasteiger partial charge in [0.05, 0.1) is 0 Å². The molecule has 0 saturated carbocycles. The molecule has 0 nitrogen and oxygen atoms in total. The Bertz CT molecular complexity index is 462. The van der Waals surface area contributed by atoms with Gasteiger partial charge in [-0.2, -0.15) is 0 Å². The maximum absolute atomic E-state index is 2.40. The van der Waals surface area contributed by atoms with Crippen LogP contribution in [-0.4, -0.2) is 0 Å². The first kappa shape index (κ1) is 12.4. The van der Waals surface area contributed by atoms with Crippen LogP contribution in [0.2, 0.25) is 0 Å². The van der Waals surface area contributed by atoms with E-state index in [4.69, 9.17) is 0 Å². The monoisotopic (exact) mass is 228 g/mol. The molecule has 0 aliphatic heterocycles. The molecule has 0 saturated heterocycles. The van der Waals surface area contributed by atoms with Gasteiger partial charge in [-0.1, -0.05) is 65.8 Å². The summed E-state index contributed by atoms with van der Waals surface area (Å²) in [5, 5.41) is 0. The van der Waals surface area contributed by atoms with E-state index in [1.54, 1.807) is 0 Å². The van der Waals surface area contributed by atoms with Gasteiger partial charge >= 0.3 is 0 Å². The van der Waals surface area contributed by atoms with E-state index in [1.165, 1.54) is 22.3 Å². The molecule has 0 heteroatoms. The van der Waals surface area contributed by atoms with Crippen LogP contribution in [0.3, 0.4) is 0 Å². The van der Waals surface area contributed by atoms with Crippen molar-refractivity contribution in [2.45, 2.75) is 53.4 Å². The van der Waals surface area contributed by atoms with E-state index in [0.717, 1.165) is 6.42 Å². The first-order chi connectivity index (χ1) is 7.69. The zero-order valence-electron chi connectivity index (χ0n) is 12.0. The third-order valence-corrected chi connectivity index (χ3v) is 3.60. The molecular weight excluding hydrogens is 204 g/mol. The third kappa shape index (κ3) is 2.31. The van der Waals surface area contributed by atoms with E-state index in [1.807, 2.05) is 0 Å². The molecule has 0 N–H and O–H groups in total. The average Bonchev–Trinajstić information content (AvgIpc) is 2.57. The summed E-state index contributed by atoms with van der Waals surface area (Å²) < 4.78 is 0. The number of fused-ring (bicyclic) bond motifs is 1. The van der Waals surface area contributed by atoms with Crippen LogP contribution in [-0.2, 0) is 11.8 Å². The van der Waals surface area contributed by atoms with Crippen molar-refractivity contribution in [3.8, 4) is 0 Å². The van der Waals surface area contributed by atoms with Crippen LogP contribution in [0, 0.1) is 5.41 Å². The summed E-state index contributed by atoms with van der Waals surface area (Å²) in [5.74, 6) is 0. The van der Waals surface area contributed by atoms with E-state index in [2.05, 4.69) is 65.8 Å². The normalized spacial score (nSPS) is 15.8. The Hall–Kier alpha value is -1.04. The Morgan fingerprint density at radius 2 is 1.53 bits per heavy atom. The summed E-state index contributed by atoms with van der Waals surface area (Å²) in [5.41, 5.74) is 6.43. The Balaban J connectivity index is 2.43. The second-order valence-corrected chi connectivity index (χ2v) is 7.19. The minimum absolute atomic E-state index is 0.250. The van der Waals surface area contributed by atoms with Crippen LogP contribution in [0.15, 0.2) is 24.3 Å². The van der Waals surface area contributed by atoms with E-state index in [9.17, 15) is 0 Å². The Kier molecular flexibility index (Phi) is 2.72. The van der Waals surface area contributed by atoms with Crippen molar-refractivity contribution in [1.29, 1.82) is 0 Å². The zero-order valence-corrected chi connectivity index (χ0v) is 12.0. The molecule has 0 fully saturated rings. The molecule has 92 valence electrons. The predicted octanol–water partition coefficient (Wildman–Crippen LogP) is 4.97. The molecule has 0 spiro atoms. The summed E-state index contributed by atoms with van der Waals surface area (Å²) in [6, 6.07) is 7.01. The van der Waals surface area contributed by atoms with Gasteiger partial charge in [-0.3, -0.25) is 0 Å². The molecule has 0 aromatic heterocycles. The van der Waals surface area contributed by atoms with Crippen molar-refractivity contribution in [1.82, 2.24) is 0 Å². The smallest absolute Gasteiger partial charge is 0.00851 e. The van der Waals surface area contributed by atoms with Gasteiger partial charge in [0.25, 0.3) is 0 Å². The fraction of sp³-hybridized carbons (Fsp3) is 0.529. The van der Waals surface area contributed by atoms with Gasteiger partial charge in [0.1, 0.15) is 0 Å². The van der Waals surface area contributed by atoms with Gasteiger partial charge in [0.15, 0.2) is 0 Å². The first-order valence-electron chi connectivity index (χ1n) is 6.54. The highest BCUT2D eigenvalue weighted by molar-refractivity contribution is 5.76. The standard InChI is InChI=1S/C17H24/c1-16(2,3)13-8-9-14-12(11-13)7-10-15(14)17(4,5)6/h8-11H,7H2,1-6H3. The molecule has 0 radical (unpaired) electrons. The number of benzene rings is 1. The largest absolute Gasteiger partial charge is 0.0758 e. The Labute approximate surface area is 106 Å². The molecule has 0 bridgehead atoms. The molecule has 1 aliphatic rings. The van der Waals surface area contributed by atoms with Gasteiger partial charge in [-0.05, 0) is 39.5 Å². The highest BCUT2D eigenvalue weighted by atomic mass is 14.3. The van der Waals surface area contributed by atoms with Gasteiger partial charge in [-0.25, -0.2) is 0 Å². The van der Waals surface area contributed by atoms with E-state index in [-0.39, 0.29) is 10.8 Å². The molecular formula is C17H24. The SMILES string of the molecule is CC(C)(C)C1=CCc2cc(C(C)(C)C)ccc21. The van der Waals surface area contributed by atoms with E-state index in [0.29, 0.717) is 0 Å². The van der Waals surface area contributed by atoms with Crippen molar-refractivity contribution in [2.24, 2.45) is 5.41 Å². The number of allylic oxidation sites excluding steroid dienone is 2. The summed E-state index contributed by atoms with van der Waals surface area (Å²) in [7, 11) is 0. The Morgan fingerprint density at radius 3 is 2.06 bits per heavy atom. The van der Waals surface area contributed by atoms with E-state index < -0.39 is 0 Å². The van der Waals surface area contributed by atoms with E-state index >= 15 is 0 Å². The second-order valence-electron chi connectivity index (χ2n) is 7.19. The lowest BCUT2D eigenvalue weighted by Crippen LogP contribution is -2.12. The average molecular weight is 228 g/mol. The molecule has 0 heterocycles. The summed E-state index contributed by atoms with van der Waals surface area (Å²) in [6.07, 6.45) is 3.50. The van der Waals surface area contributed by atoms with Crippen LogP contribution in [0.5, 0.6) is 0 Å². The fourth-order valence-electron chi connectivity index (χ4n) is 2.52. The first-order valence-corrected chi connectivity index (χ1v) is 6.54. The predicted molar refractivity (Wildman–Crippen MR) is 76.3 cm³/mol. The number of hydrogen-bond donors (Lipinski definition) is 0. The van der Waals surface area contributed by atoms with Crippen molar-refractivity contribution in [2.75, 3.05) is 0 Å². The summed E-state index contributed by atoms with van der Waals surface area (Å²) in [4.78, 5) is 0. The lowest BCUT2D eigenvalue weighted by molar-refractivity contribution is 0.567. The van der Waals surface area contributed by atoms with Crippen molar-refractivity contribution >= 4 is 5.57 Å². The van der Waals surface area contributed by atoms with Gasteiger partial charge in [0, 0.05) is 0 Å².